The second kappa shape index (κ2) is 7.83. The molecule has 0 saturated heterocycles. The number of aliphatic imine (C=N–C) groups is 2. The third-order valence-electron chi connectivity index (χ3n) is 1.59. The highest BCUT2D eigenvalue weighted by molar-refractivity contribution is 5.93. The Bertz CT molecular complexity index is 457. The zero-order chi connectivity index (χ0) is 14.1. The maximum Gasteiger partial charge on any atom is 0.223 e. The Morgan fingerprint density at radius 1 is 1.11 bits per heavy atom. The van der Waals surface area contributed by atoms with Crippen molar-refractivity contribution in [3.8, 4) is 0 Å². The van der Waals surface area contributed by atoms with E-state index in [1.165, 1.54) is 13.8 Å². The van der Waals surface area contributed by atoms with Crippen LogP contribution < -0.4 is 17.2 Å². The number of guanidine groups is 2. The summed E-state index contributed by atoms with van der Waals surface area (Å²) in [6, 6.07) is 7.56. The molecule has 0 aliphatic carbocycles. The fourth-order valence-corrected chi connectivity index (χ4v) is 0.970. The van der Waals surface area contributed by atoms with E-state index >= 15 is 0 Å². The molecule has 6 heteroatoms. The minimum Gasteiger partial charge on any atom is -0.370 e. The van der Waals surface area contributed by atoms with Gasteiger partial charge in [0.1, 0.15) is 5.78 Å². The number of nitrogens with two attached hydrogens (primary N) is 3. The van der Waals surface area contributed by atoms with E-state index in [1.807, 2.05) is 31.2 Å². The Morgan fingerprint density at radius 3 is 2.06 bits per heavy atom. The van der Waals surface area contributed by atoms with E-state index < -0.39 is 0 Å². The van der Waals surface area contributed by atoms with Crippen molar-refractivity contribution in [1.29, 1.82) is 0 Å². The molecule has 0 bridgehead atoms. The highest BCUT2D eigenvalue weighted by Crippen LogP contribution is 2.16. The van der Waals surface area contributed by atoms with E-state index in [4.69, 9.17) is 17.2 Å². The molecule has 0 aliphatic heterocycles. The summed E-state index contributed by atoms with van der Waals surface area (Å²) in [6.45, 7) is 4.99. The van der Waals surface area contributed by atoms with Gasteiger partial charge in [-0.15, -0.1) is 0 Å². The van der Waals surface area contributed by atoms with Crippen LogP contribution in [-0.4, -0.2) is 17.7 Å². The summed E-state index contributed by atoms with van der Waals surface area (Å²) in [5.74, 6) is 0.124. The number of aryl methyl sites for hydroxylation is 1. The molecule has 0 unspecified atom stereocenters. The van der Waals surface area contributed by atoms with Gasteiger partial charge in [-0.1, -0.05) is 18.2 Å². The number of carbonyl (C=O) groups excluding carboxylic acids is 1. The van der Waals surface area contributed by atoms with Gasteiger partial charge < -0.3 is 22.0 Å². The standard InChI is InChI=1S/C9H13N5.C3H6O/c1-6-4-2-3-5-7(6)13-9(12)14-8(10)11;1-3(2)4/h2-5H,1H3,(H6,10,11,12,13,14);1-2H3. The summed E-state index contributed by atoms with van der Waals surface area (Å²) in [7, 11) is 0. The average molecular weight is 249 g/mol. The van der Waals surface area contributed by atoms with Gasteiger partial charge in [-0.2, -0.15) is 4.99 Å². The number of nitrogens with zero attached hydrogens (tertiary/aromatic N) is 2. The predicted octanol–water partition coefficient (Wildman–Crippen LogP) is 0.810. The first-order valence-electron chi connectivity index (χ1n) is 5.29. The molecule has 18 heavy (non-hydrogen) atoms. The Labute approximate surface area is 107 Å². The molecule has 0 fully saturated rings. The molecule has 0 aliphatic rings. The van der Waals surface area contributed by atoms with Crippen LogP contribution in [0.25, 0.3) is 0 Å². The third-order valence-corrected chi connectivity index (χ3v) is 1.59. The van der Waals surface area contributed by atoms with Crippen LogP contribution in [0, 0.1) is 6.92 Å². The van der Waals surface area contributed by atoms with Crippen molar-refractivity contribution in [2.24, 2.45) is 27.2 Å². The van der Waals surface area contributed by atoms with Crippen LogP contribution in [0.1, 0.15) is 19.4 Å². The smallest absolute Gasteiger partial charge is 0.223 e. The molecule has 1 rings (SSSR count). The molecule has 6 nitrogen and oxygen atoms in total. The SMILES string of the molecule is CC(C)=O.Cc1ccccc1N=C(N)N=C(N)N. The van der Waals surface area contributed by atoms with Gasteiger partial charge in [0.15, 0.2) is 5.96 Å². The Morgan fingerprint density at radius 2 is 1.61 bits per heavy atom. The van der Waals surface area contributed by atoms with Crippen molar-refractivity contribution in [2.75, 3.05) is 0 Å². The zero-order valence-corrected chi connectivity index (χ0v) is 10.8. The fourth-order valence-electron chi connectivity index (χ4n) is 0.970. The second-order valence-corrected chi connectivity index (χ2v) is 3.70. The molecule has 0 atom stereocenters. The maximum absolute atomic E-state index is 9.44. The van der Waals surface area contributed by atoms with Crippen molar-refractivity contribution in [1.82, 2.24) is 0 Å². The minimum absolute atomic E-state index is 0.0549. The van der Waals surface area contributed by atoms with Crippen LogP contribution in [0.5, 0.6) is 0 Å². The number of rotatable bonds is 1. The van der Waals surface area contributed by atoms with Gasteiger partial charge in [-0.3, -0.25) is 0 Å². The lowest BCUT2D eigenvalue weighted by Crippen LogP contribution is -2.26. The van der Waals surface area contributed by atoms with E-state index in [9.17, 15) is 4.79 Å². The van der Waals surface area contributed by atoms with Crippen molar-refractivity contribution >= 4 is 23.4 Å². The summed E-state index contributed by atoms with van der Waals surface area (Å²) in [5, 5.41) is 0. The summed E-state index contributed by atoms with van der Waals surface area (Å²) in [4.78, 5) is 17.1. The first kappa shape index (κ1) is 15.6. The van der Waals surface area contributed by atoms with Gasteiger partial charge in [-0.25, -0.2) is 4.99 Å². The molecule has 1 aromatic rings. The van der Waals surface area contributed by atoms with Crippen molar-refractivity contribution in [2.45, 2.75) is 20.8 Å². The quantitative estimate of drug-likeness (QED) is 0.503. The summed E-state index contributed by atoms with van der Waals surface area (Å²) >= 11 is 0. The lowest BCUT2D eigenvalue weighted by Gasteiger charge is -1.99. The van der Waals surface area contributed by atoms with Crippen LogP contribution in [0.4, 0.5) is 5.69 Å². The van der Waals surface area contributed by atoms with Gasteiger partial charge in [0.25, 0.3) is 0 Å². The van der Waals surface area contributed by atoms with E-state index in [-0.39, 0.29) is 17.7 Å². The van der Waals surface area contributed by atoms with Crippen LogP contribution in [0.2, 0.25) is 0 Å². The molecule has 0 saturated carbocycles. The fraction of sp³-hybridized carbons (Fsp3) is 0.250. The lowest BCUT2D eigenvalue weighted by molar-refractivity contribution is -0.114. The summed E-state index contributed by atoms with van der Waals surface area (Å²) in [6.07, 6.45) is 0. The molecule has 0 radical (unpaired) electrons. The van der Waals surface area contributed by atoms with E-state index in [0.29, 0.717) is 0 Å². The minimum atomic E-state index is -0.0974. The van der Waals surface area contributed by atoms with E-state index in [0.717, 1.165) is 11.3 Å². The van der Waals surface area contributed by atoms with Gasteiger partial charge >= 0.3 is 0 Å². The predicted molar refractivity (Wildman–Crippen MR) is 74.6 cm³/mol. The molecule has 6 N–H and O–H groups in total. The molecule has 0 aromatic heterocycles. The number of hydrogen-bond acceptors (Lipinski definition) is 2. The van der Waals surface area contributed by atoms with Gasteiger partial charge in [0, 0.05) is 0 Å². The molecule has 0 spiro atoms. The molecule has 0 heterocycles. The molecule has 0 amide bonds. The third kappa shape index (κ3) is 7.86. The number of carbonyl (C=O) groups is 1. The van der Waals surface area contributed by atoms with Gasteiger partial charge in [-0.05, 0) is 32.4 Å². The van der Waals surface area contributed by atoms with Gasteiger partial charge in [0.05, 0.1) is 5.69 Å². The second-order valence-electron chi connectivity index (χ2n) is 3.70. The van der Waals surface area contributed by atoms with E-state index in [1.54, 1.807) is 0 Å². The van der Waals surface area contributed by atoms with Crippen molar-refractivity contribution in [3.05, 3.63) is 29.8 Å². The summed E-state index contributed by atoms with van der Waals surface area (Å²) in [5.41, 5.74) is 17.6. The molecule has 1 aromatic carbocycles. The Hall–Kier alpha value is -2.37. The maximum atomic E-state index is 9.44. The highest BCUT2D eigenvalue weighted by Gasteiger charge is 1.95. The molecular formula is C12H19N5O. The lowest BCUT2D eigenvalue weighted by atomic mass is 10.2. The number of para-hydroxylation sites is 1. The van der Waals surface area contributed by atoms with Crippen molar-refractivity contribution < 1.29 is 4.79 Å². The van der Waals surface area contributed by atoms with Gasteiger partial charge in [0.2, 0.25) is 5.96 Å². The number of ketones is 1. The van der Waals surface area contributed by atoms with Crippen LogP contribution in [-0.2, 0) is 4.79 Å². The Balaban J connectivity index is 0.000000631. The van der Waals surface area contributed by atoms with Crippen molar-refractivity contribution in [3.63, 3.8) is 0 Å². The molecular weight excluding hydrogens is 230 g/mol. The van der Waals surface area contributed by atoms with Crippen LogP contribution >= 0.6 is 0 Å². The number of Topliss-reactive ketones (excluding diaryl/α,β-unsaturated/α-hetero) is 1. The normalized spacial score (nSPS) is 10.1. The summed E-state index contributed by atoms with van der Waals surface area (Å²) < 4.78 is 0. The molecule has 98 valence electrons. The Kier molecular flexibility index (Phi) is 6.80. The van der Waals surface area contributed by atoms with E-state index in [2.05, 4.69) is 9.98 Å². The highest BCUT2D eigenvalue weighted by atomic mass is 16.1. The largest absolute Gasteiger partial charge is 0.370 e. The monoisotopic (exact) mass is 249 g/mol. The topological polar surface area (TPSA) is 120 Å². The van der Waals surface area contributed by atoms with Crippen LogP contribution in [0.15, 0.2) is 34.3 Å². The number of hydrogen-bond donors (Lipinski definition) is 3. The first-order valence-corrected chi connectivity index (χ1v) is 5.29. The average Bonchev–Trinajstić information content (AvgIpc) is 2.19. The zero-order valence-electron chi connectivity index (χ0n) is 10.8. The van der Waals surface area contributed by atoms with Crippen LogP contribution in [0.3, 0.4) is 0 Å². The number of benzene rings is 1. The first-order chi connectivity index (χ1) is 8.32.